The predicted molar refractivity (Wildman–Crippen MR) is 107 cm³/mol. The highest BCUT2D eigenvalue weighted by Gasteiger charge is 2.51. The highest BCUT2D eigenvalue weighted by Crippen LogP contribution is 2.51. The molecule has 7 heteroatoms. The van der Waals surface area contributed by atoms with Crippen LogP contribution >= 0.6 is 0 Å². The summed E-state index contributed by atoms with van der Waals surface area (Å²) < 4.78 is 46.3. The molecule has 1 aliphatic rings. The molecule has 0 amide bonds. The molecule has 1 N–H and O–H groups in total. The van der Waals surface area contributed by atoms with Gasteiger partial charge in [0.05, 0.1) is 17.8 Å². The van der Waals surface area contributed by atoms with E-state index in [1.54, 1.807) is 24.4 Å². The van der Waals surface area contributed by atoms with Gasteiger partial charge in [-0.1, -0.05) is 24.6 Å². The highest BCUT2D eigenvalue weighted by molar-refractivity contribution is 5.87. The summed E-state index contributed by atoms with van der Waals surface area (Å²) in [6.07, 6.45) is 0.284. The van der Waals surface area contributed by atoms with Crippen molar-refractivity contribution in [1.29, 1.82) is 0 Å². The van der Waals surface area contributed by atoms with E-state index < -0.39 is 23.2 Å². The SMILES string of the molecule is CC(=O)C(Nc1ccc(-c2cnco2)cc1)C1(c2ccccc2C(F)(F)F)CCC1. The second kappa shape index (κ2) is 7.63. The average Bonchev–Trinajstić information content (AvgIpc) is 3.21. The summed E-state index contributed by atoms with van der Waals surface area (Å²) in [5.74, 6) is 0.422. The van der Waals surface area contributed by atoms with Gasteiger partial charge in [0.2, 0.25) is 0 Å². The number of carbonyl (C=O) groups is 1. The summed E-state index contributed by atoms with van der Waals surface area (Å²) in [7, 11) is 0. The van der Waals surface area contributed by atoms with E-state index >= 15 is 0 Å². The zero-order valence-corrected chi connectivity index (χ0v) is 16.4. The van der Waals surface area contributed by atoms with Gasteiger partial charge in [-0.05, 0) is 55.7 Å². The summed E-state index contributed by atoms with van der Waals surface area (Å²) in [4.78, 5) is 16.5. The maximum atomic E-state index is 13.7. The molecule has 1 heterocycles. The Balaban J connectivity index is 1.68. The van der Waals surface area contributed by atoms with E-state index in [0.29, 0.717) is 24.3 Å². The van der Waals surface area contributed by atoms with Crippen molar-refractivity contribution < 1.29 is 22.4 Å². The Labute approximate surface area is 172 Å². The van der Waals surface area contributed by atoms with Crippen LogP contribution in [-0.4, -0.2) is 16.8 Å². The van der Waals surface area contributed by atoms with Crippen molar-refractivity contribution in [2.24, 2.45) is 0 Å². The lowest BCUT2D eigenvalue weighted by Crippen LogP contribution is -2.53. The van der Waals surface area contributed by atoms with Crippen LogP contribution in [0.5, 0.6) is 0 Å². The van der Waals surface area contributed by atoms with Crippen LogP contribution in [0.15, 0.2) is 65.5 Å². The zero-order valence-electron chi connectivity index (χ0n) is 16.4. The van der Waals surface area contributed by atoms with E-state index in [1.165, 1.54) is 25.5 Å². The Bertz CT molecular complexity index is 1020. The molecule has 0 spiro atoms. The quantitative estimate of drug-likeness (QED) is 0.550. The molecule has 0 radical (unpaired) electrons. The third-order valence-corrected chi connectivity index (χ3v) is 5.89. The van der Waals surface area contributed by atoms with E-state index in [1.807, 2.05) is 12.1 Å². The second-order valence-electron chi connectivity index (χ2n) is 7.68. The van der Waals surface area contributed by atoms with Crippen LogP contribution in [0, 0.1) is 0 Å². The van der Waals surface area contributed by atoms with Gasteiger partial charge in [0.25, 0.3) is 0 Å². The van der Waals surface area contributed by atoms with Gasteiger partial charge in [-0.3, -0.25) is 4.79 Å². The van der Waals surface area contributed by atoms with Crippen molar-refractivity contribution in [3.05, 3.63) is 72.2 Å². The second-order valence-corrected chi connectivity index (χ2v) is 7.68. The first-order chi connectivity index (χ1) is 14.3. The summed E-state index contributed by atoms with van der Waals surface area (Å²) in [6, 6.07) is 12.0. The van der Waals surface area contributed by atoms with Crippen LogP contribution < -0.4 is 5.32 Å². The van der Waals surface area contributed by atoms with Gasteiger partial charge in [0.15, 0.2) is 17.9 Å². The lowest BCUT2D eigenvalue weighted by molar-refractivity contribution is -0.139. The van der Waals surface area contributed by atoms with E-state index in [0.717, 1.165) is 18.1 Å². The molecule has 0 aliphatic heterocycles. The minimum absolute atomic E-state index is 0.189. The molecular formula is C23H21F3N2O2. The molecule has 1 atom stereocenters. The number of halogens is 3. The Morgan fingerprint density at radius 2 is 1.83 bits per heavy atom. The fourth-order valence-corrected chi connectivity index (χ4v) is 4.32. The van der Waals surface area contributed by atoms with E-state index in [-0.39, 0.29) is 11.3 Å². The Hall–Kier alpha value is -3.09. The maximum absolute atomic E-state index is 13.7. The van der Waals surface area contributed by atoms with Crippen molar-refractivity contribution in [3.63, 3.8) is 0 Å². The molecule has 4 rings (SSSR count). The van der Waals surface area contributed by atoms with Crippen LogP contribution in [-0.2, 0) is 16.4 Å². The lowest BCUT2D eigenvalue weighted by Gasteiger charge is -2.48. The van der Waals surface area contributed by atoms with Gasteiger partial charge in [-0.2, -0.15) is 13.2 Å². The number of nitrogens with one attached hydrogen (secondary N) is 1. The number of nitrogens with zero attached hydrogens (tertiary/aromatic N) is 1. The monoisotopic (exact) mass is 414 g/mol. The minimum atomic E-state index is -4.47. The van der Waals surface area contributed by atoms with Crippen molar-refractivity contribution in [2.75, 3.05) is 5.32 Å². The molecule has 1 aliphatic carbocycles. The number of Topliss-reactive ketones (excluding diaryl/α,β-unsaturated/α-hetero) is 1. The summed E-state index contributed by atoms with van der Waals surface area (Å²) >= 11 is 0. The first kappa shape index (κ1) is 20.2. The Kier molecular flexibility index (Phi) is 5.13. The van der Waals surface area contributed by atoms with E-state index in [9.17, 15) is 18.0 Å². The van der Waals surface area contributed by atoms with Crippen LogP contribution in [0.4, 0.5) is 18.9 Å². The van der Waals surface area contributed by atoms with Gasteiger partial charge in [-0.15, -0.1) is 0 Å². The zero-order chi connectivity index (χ0) is 21.4. The lowest BCUT2D eigenvalue weighted by atomic mass is 9.58. The third-order valence-electron chi connectivity index (χ3n) is 5.89. The third kappa shape index (κ3) is 3.60. The molecule has 2 aromatic carbocycles. The number of benzene rings is 2. The summed E-state index contributed by atoms with van der Waals surface area (Å²) in [5, 5.41) is 3.21. The number of alkyl halides is 3. The fraction of sp³-hybridized carbons (Fsp3) is 0.304. The number of anilines is 1. The van der Waals surface area contributed by atoms with Gasteiger partial charge in [0, 0.05) is 16.7 Å². The Morgan fingerprint density at radius 1 is 1.13 bits per heavy atom. The molecule has 30 heavy (non-hydrogen) atoms. The largest absolute Gasteiger partial charge is 0.444 e. The molecule has 1 fully saturated rings. The number of hydrogen-bond acceptors (Lipinski definition) is 4. The van der Waals surface area contributed by atoms with Crippen LogP contribution in [0.2, 0.25) is 0 Å². The number of aromatic nitrogens is 1. The standard InChI is InChI=1S/C23H21F3N2O2/c1-15(29)21(28-17-9-7-16(8-10-17)20-13-27-14-30-20)22(11-4-12-22)18-5-2-3-6-19(18)23(24,25)26/h2-3,5-10,13-14,21,28H,4,11-12H2,1H3. The summed E-state index contributed by atoms with van der Waals surface area (Å²) in [5.41, 5.74) is 0.113. The molecule has 0 saturated heterocycles. The highest BCUT2D eigenvalue weighted by atomic mass is 19.4. The van der Waals surface area contributed by atoms with Crippen molar-refractivity contribution in [1.82, 2.24) is 4.98 Å². The summed E-state index contributed by atoms with van der Waals surface area (Å²) in [6.45, 7) is 1.43. The van der Waals surface area contributed by atoms with Crippen LogP contribution in [0.3, 0.4) is 0 Å². The number of oxazole rings is 1. The van der Waals surface area contributed by atoms with Crippen LogP contribution in [0.25, 0.3) is 11.3 Å². The maximum Gasteiger partial charge on any atom is 0.416 e. The Morgan fingerprint density at radius 3 is 2.37 bits per heavy atom. The first-order valence-electron chi connectivity index (χ1n) is 9.74. The topological polar surface area (TPSA) is 55.1 Å². The molecule has 1 aromatic heterocycles. The molecule has 4 nitrogen and oxygen atoms in total. The number of ketones is 1. The van der Waals surface area contributed by atoms with Gasteiger partial charge < -0.3 is 9.73 Å². The van der Waals surface area contributed by atoms with Crippen molar-refractivity contribution in [3.8, 4) is 11.3 Å². The van der Waals surface area contributed by atoms with E-state index in [4.69, 9.17) is 4.42 Å². The number of carbonyl (C=O) groups excluding carboxylic acids is 1. The van der Waals surface area contributed by atoms with Gasteiger partial charge >= 0.3 is 6.18 Å². The number of rotatable bonds is 6. The average molecular weight is 414 g/mol. The van der Waals surface area contributed by atoms with Gasteiger partial charge in [-0.25, -0.2) is 4.98 Å². The van der Waals surface area contributed by atoms with Gasteiger partial charge in [0.1, 0.15) is 0 Å². The smallest absolute Gasteiger partial charge is 0.416 e. The molecular weight excluding hydrogens is 393 g/mol. The predicted octanol–water partition coefficient (Wildman–Crippen LogP) is 5.85. The molecule has 1 unspecified atom stereocenters. The normalized spacial score (nSPS) is 16.5. The molecule has 156 valence electrons. The van der Waals surface area contributed by atoms with E-state index in [2.05, 4.69) is 10.3 Å². The van der Waals surface area contributed by atoms with Crippen molar-refractivity contribution >= 4 is 11.5 Å². The minimum Gasteiger partial charge on any atom is -0.444 e. The molecule has 1 saturated carbocycles. The van der Waals surface area contributed by atoms with Crippen molar-refractivity contribution in [2.45, 2.75) is 43.8 Å². The molecule has 3 aromatic rings. The van der Waals surface area contributed by atoms with Crippen LogP contribution in [0.1, 0.15) is 37.3 Å². The first-order valence-corrected chi connectivity index (χ1v) is 9.74. The molecule has 0 bridgehead atoms. The number of hydrogen-bond donors (Lipinski definition) is 1. The fourth-order valence-electron chi connectivity index (χ4n) is 4.32.